The largest absolute Gasteiger partial charge is 0.274 e. The molecule has 0 aliphatic carbocycles. The van der Waals surface area contributed by atoms with Crippen LogP contribution in [0.25, 0.3) is 22.4 Å². The molecule has 1 aliphatic rings. The lowest BCUT2D eigenvalue weighted by Crippen LogP contribution is -2.33. The van der Waals surface area contributed by atoms with Crippen molar-refractivity contribution in [1.82, 2.24) is 14.8 Å². The molecule has 3 aromatic rings. The smallest absolute Gasteiger partial charge is 0.231 e. The molecular weight excluding hydrogens is 360 g/mol. The Morgan fingerprint density at radius 1 is 1.15 bits per heavy atom. The summed E-state index contributed by atoms with van der Waals surface area (Å²) < 4.78 is 2.10. The van der Waals surface area contributed by atoms with Crippen LogP contribution in [0, 0.1) is 0 Å². The number of carbonyl (C=O) groups excluding carboxylic acids is 2. The Morgan fingerprint density at radius 2 is 1.96 bits per heavy atom. The molecule has 0 radical (unpaired) electrons. The molecule has 0 saturated heterocycles. The van der Waals surface area contributed by atoms with Crippen LogP contribution >= 0.6 is 11.3 Å². The van der Waals surface area contributed by atoms with Gasteiger partial charge >= 0.3 is 0 Å². The number of nitrogens with zero attached hydrogens (tertiary/aromatic N) is 4. The van der Waals surface area contributed by atoms with Crippen LogP contribution in [-0.2, 0) is 22.6 Å². The first kappa shape index (κ1) is 17.6. The number of amides is 2. The third-order valence-electron chi connectivity index (χ3n) is 4.78. The Balaban J connectivity index is 1.89. The van der Waals surface area contributed by atoms with Gasteiger partial charge in [-0.05, 0) is 48.4 Å². The Labute approximate surface area is 161 Å². The lowest BCUT2D eigenvalue weighted by atomic mass is 9.97. The van der Waals surface area contributed by atoms with E-state index in [4.69, 9.17) is 5.10 Å². The first-order chi connectivity index (χ1) is 13.1. The van der Waals surface area contributed by atoms with Gasteiger partial charge in [-0.3, -0.25) is 14.3 Å². The number of hydrogen-bond acceptors (Lipinski definition) is 5. The standard InChI is InChI=1S/C20H20N4O2S/c1-13(25)24(14(2)26)18-11-15(6-8-21-18)19-17-5-3-4-9-23(17)22-20(19)16-7-10-27-12-16/h6-8,10-12H,3-5,9H2,1-2H3. The highest BCUT2D eigenvalue weighted by Crippen LogP contribution is 2.38. The van der Waals surface area contributed by atoms with Gasteiger partial charge < -0.3 is 0 Å². The van der Waals surface area contributed by atoms with Crippen molar-refractivity contribution in [2.75, 3.05) is 4.90 Å². The minimum atomic E-state index is -0.345. The molecule has 27 heavy (non-hydrogen) atoms. The second-order valence-corrected chi connectivity index (χ2v) is 7.42. The minimum Gasteiger partial charge on any atom is -0.274 e. The quantitative estimate of drug-likeness (QED) is 0.691. The molecule has 4 rings (SSSR count). The molecule has 4 heterocycles. The van der Waals surface area contributed by atoms with E-state index in [0.29, 0.717) is 5.82 Å². The number of imide groups is 1. The summed E-state index contributed by atoms with van der Waals surface area (Å²) in [7, 11) is 0. The Morgan fingerprint density at radius 3 is 2.67 bits per heavy atom. The van der Waals surface area contributed by atoms with Gasteiger partial charge in [0.1, 0.15) is 11.5 Å². The van der Waals surface area contributed by atoms with Gasteiger partial charge in [0.2, 0.25) is 11.8 Å². The number of aryl methyl sites for hydroxylation is 1. The summed E-state index contributed by atoms with van der Waals surface area (Å²) >= 11 is 1.64. The Bertz CT molecular complexity index is 993. The van der Waals surface area contributed by atoms with Crippen LogP contribution in [-0.4, -0.2) is 26.6 Å². The maximum atomic E-state index is 11.9. The van der Waals surface area contributed by atoms with Gasteiger partial charge in [-0.25, -0.2) is 9.88 Å². The van der Waals surface area contributed by atoms with Gasteiger partial charge in [0, 0.05) is 48.8 Å². The van der Waals surface area contributed by atoms with Gasteiger partial charge in [-0.15, -0.1) is 0 Å². The zero-order chi connectivity index (χ0) is 19.0. The molecule has 0 unspecified atom stereocenters. The van der Waals surface area contributed by atoms with E-state index in [0.717, 1.165) is 53.1 Å². The molecule has 6 nitrogen and oxygen atoms in total. The molecule has 3 aromatic heterocycles. The average molecular weight is 380 g/mol. The average Bonchev–Trinajstić information content (AvgIpc) is 3.29. The summed E-state index contributed by atoms with van der Waals surface area (Å²) in [5.74, 6) is -0.344. The fourth-order valence-corrected chi connectivity index (χ4v) is 4.28. The summed E-state index contributed by atoms with van der Waals surface area (Å²) in [5.41, 5.74) is 5.24. The fraction of sp³-hybridized carbons (Fsp3) is 0.300. The third kappa shape index (κ3) is 3.19. The molecule has 2 amide bonds. The maximum absolute atomic E-state index is 11.9. The minimum absolute atomic E-state index is 0.345. The molecule has 0 saturated carbocycles. The first-order valence-corrected chi connectivity index (χ1v) is 9.90. The monoisotopic (exact) mass is 380 g/mol. The van der Waals surface area contributed by atoms with E-state index in [1.165, 1.54) is 19.5 Å². The molecule has 138 valence electrons. The Hall–Kier alpha value is -2.80. The number of pyridine rings is 1. The predicted octanol–water partition coefficient (Wildman–Crippen LogP) is 3.91. The molecule has 0 fully saturated rings. The van der Waals surface area contributed by atoms with E-state index in [-0.39, 0.29) is 11.8 Å². The number of aromatic nitrogens is 3. The van der Waals surface area contributed by atoms with Crippen molar-refractivity contribution in [2.45, 2.75) is 39.7 Å². The molecule has 1 aliphatic heterocycles. The van der Waals surface area contributed by atoms with E-state index < -0.39 is 0 Å². The van der Waals surface area contributed by atoms with Crippen LogP contribution in [0.1, 0.15) is 32.4 Å². The SMILES string of the molecule is CC(=O)N(C(C)=O)c1cc(-c2c(-c3ccsc3)nn3c2CCCC3)ccn1. The van der Waals surface area contributed by atoms with Crippen LogP contribution < -0.4 is 4.90 Å². The van der Waals surface area contributed by atoms with E-state index in [1.54, 1.807) is 17.5 Å². The predicted molar refractivity (Wildman–Crippen MR) is 106 cm³/mol. The van der Waals surface area contributed by atoms with Gasteiger partial charge in [0.05, 0.1) is 0 Å². The summed E-state index contributed by atoms with van der Waals surface area (Å²) in [5, 5.41) is 9.01. The molecule has 0 atom stereocenters. The molecule has 0 bridgehead atoms. The second-order valence-electron chi connectivity index (χ2n) is 6.64. The normalized spacial score (nSPS) is 13.3. The zero-order valence-corrected chi connectivity index (χ0v) is 16.1. The van der Waals surface area contributed by atoms with Crippen LogP contribution in [0.15, 0.2) is 35.2 Å². The molecule has 0 spiro atoms. The third-order valence-corrected chi connectivity index (χ3v) is 5.46. The number of carbonyl (C=O) groups is 2. The van der Waals surface area contributed by atoms with Crippen LogP contribution in [0.2, 0.25) is 0 Å². The van der Waals surface area contributed by atoms with Crippen molar-refractivity contribution >= 4 is 29.0 Å². The van der Waals surface area contributed by atoms with Crippen molar-refractivity contribution in [3.8, 4) is 22.4 Å². The van der Waals surface area contributed by atoms with Gasteiger partial charge in [0.25, 0.3) is 0 Å². The van der Waals surface area contributed by atoms with Crippen molar-refractivity contribution in [3.63, 3.8) is 0 Å². The van der Waals surface area contributed by atoms with E-state index >= 15 is 0 Å². The number of fused-ring (bicyclic) bond motifs is 1. The highest BCUT2D eigenvalue weighted by Gasteiger charge is 2.24. The van der Waals surface area contributed by atoms with Crippen LogP contribution in [0.4, 0.5) is 5.82 Å². The lowest BCUT2D eigenvalue weighted by molar-refractivity contribution is -0.124. The molecule has 0 aromatic carbocycles. The Kier molecular flexibility index (Phi) is 4.61. The van der Waals surface area contributed by atoms with Gasteiger partial charge in [-0.1, -0.05) is 0 Å². The summed E-state index contributed by atoms with van der Waals surface area (Å²) in [6.07, 6.45) is 4.87. The summed E-state index contributed by atoms with van der Waals surface area (Å²) in [6.45, 7) is 3.65. The van der Waals surface area contributed by atoms with Crippen molar-refractivity contribution in [1.29, 1.82) is 0 Å². The van der Waals surface area contributed by atoms with Crippen LogP contribution in [0.5, 0.6) is 0 Å². The molecule has 0 N–H and O–H groups in total. The molecular formula is C20H20N4O2S. The summed E-state index contributed by atoms with van der Waals surface area (Å²) in [6, 6.07) is 5.80. The number of hydrogen-bond donors (Lipinski definition) is 0. The van der Waals surface area contributed by atoms with Crippen molar-refractivity contribution < 1.29 is 9.59 Å². The van der Waals surface area contributed by atoms with Crippen molar-refractivity contribution in [2.24, 2.45) is 0 Å². The van der Waals surface area contributed by atoms with E-state index in [1.807, 2.05) is 17.5 Å². The zero-order valence-electron chi connectivity index (χ0n) is 15.3. The van der Waals surface area contributed by atoms with E-state index in [2.05, 4.69) is 21.1 Å². The lowest BCUT2D eigenvalue weighted by Gasteiger charge is -2.18. The maximum Gasteiger partial charge on any atom is 0.231 e. The highest BCUT2D eigenvalue weighted by atomic mass is 32.1. The highest BCUT2D eigenvalue weighted by molar-refractivity contribution is 7.08. The topological polar surface area (TPSA) is 68.1 Å². The number of rotatable bonds is 3. The number of thiophene rings is 1. The van der Waals surface area contributed by atoms with E-state index in [9.17, 15) is 9.59 Å². The van der Waals surface area contributed by atoms with Crippen molar-refractivity contribution in [3.05, 3.63) is 40.8 Å². The van der Waals surface area contributed by atoms with Crippen LogP contribution in [0.3, 0.4) is 0 Å². The summed E-state index contributed by atoms with van der Waals surface area (Å²) in [4.78, 5) is 29.2. The molecule has 7 heteroatoms. The fourth-order valence-electron chi connectivity index (χ4n) is 3.63. The second kappa shape index (κ2) is 7.08. The van der Waals surface area contributed by atoms with Gasteiger partial charge in [0.15, 0.2) is 0 Å². The first-order valence-electron chi connectivity index (χ1n) is 8.96. The number of anilines is 1. The van der Waals surface area contributed by atoms with Gasteiger partial charge in [-0.2, -0.15) is 16.4 Å².